The number of amides is 1. The van der Waals surface area contributed by atoms with E-state index in [0.717, 1.165) is 0 Å². The lowest BCUT2D eigenvalue weighted by atomic mass is 10.2. The smallest absolute Gasteiger partial charge is 0.335 e. The van der Waals surface area contributed by atoms with Crippen LogP contribution in [0.3, 0.4) is 0 Å². The number of benzene rings is 1. The van der Waals surface area contributed by atoms with Crippen LogP contribution in [0.2, 0.25) is 0 Å². The van der Waals surface area contributed by atoms with E-state index in [1.807, 2.05) is 6.92 Å². The number of aromatic carboxylic acids is 1. The minimum absolute atomic E-state index is 0.115. The van der Waals surface area contributed by atoms with E-state index in [0.29, 0.717) is 23.4 Å². The lowest BCUT2D eigenvalue weighted by Crippen LogP contribution is -2.31. The molecule has 1 aromatic heterocycles. The average molecular weight is 275 g/mol. The van der Waals surface area contributed by atoms with Crippen molar-refractivity contribution in [3.05, 3.63) is 29.6 Å². The van der Waals surface area contributed by atoms with Gasteiger partial charge in [0.1, 0.15) is 11.9 Å². The summed E-state index contributed by atoms with van der Waals surface area (Å²) in [5.74, 6) is -0.431. The molecule has 0 spiro atoms. The van der Waals surface area contributed by atoms with Gasteiger partial charge in [0.05, 0.1) is 16.6 Å². The van der Waals surface area contributed by atoms with Crippen LogP contribution in [-0.4, -0.2) is 33.1 Å². The van der Waals surface area contributed by atoms with E-state index in [1.165, 1.54) is 6.07 Å². The molecule has 1 unspecified atom stereocenters. The Morgan fingerprint density at radius 1 is 1.45 bits per heavy atom. The first-order valence-corrected chi connectivity index (χ1v) is 6.45. The second kappa shape index (κ2) is 5.32. The molecule has 2 rings (SSSR count). The zero-order valence-electron chi connectivity index (χ0n) is 11.7. The Kier molecular flexibility index (Phi) is 3.74. The summed E-state index contributed by atoms with van der Waals surface area (Å²) in [6.45, 7) is 5.98. The molecule has 0 aliphatic rings. The lowest BCUT2D eigenvalue weighted by molar-refractivity contribution is -0.123. The Labute approximate surface area is 116 Å². The van der Waals surface area contributed by atoms with E-state index >= 15 is 0 Å². The third-order valence-corrected chi connectivity index (χ3v) is 3.23. The number of carbonyl (C=O) groups excluding carboxylic acids is 1. The number of carboxylic acid groups (broad SMARTS) is 1. The van der Waals surface area contributed by atoms with Crippen LogP contribution in [0.25, 0.3) is 11.0 Å². The van der Waals surface area contributed by atoms with Crippen molar-refractivity contribution in [2.24, 2.45) is 0 Å². The molecule has 0 saturated carbocycles. The Hall–Kier alpha value is -2.37. The first-order valence-electron chi connectivity index (χ1n) is 6.45. The molecule has 2 N–H and O–H groups in total. The molecule has 0 aliphatic heterocycles. The Bertz CT molecular complexity index is 676. The second-order valence-electron chi connectivity index (χ2n) is 4.61. The molecule has 0 fully saturated rings. The quantitative estimate of drug-likeness (QED) is 0.890. The maximum absolute atomic E-state index is 12.0. The fraction of sp³-hybridized carbons (Fsp3) is 0.357. The van der Waals surface area contributed by atoms with E-state index in [1.54, 1.807) is 30.5 Å². The summed E-state index contributed by atoms with van der Waals surface area (Å²) in [7, 11) is 0. The summed E-state index contributed by atoms with van der Waals surface area (Å²) in [4.78, 5) is 27.4. The van der Waals surface area contributed by atoms with Gasteiger partial charge < -0.3 is 15.0 Å². The zero-order chi connectivity index (χ0) is 14.9. The first kappa shape index (κ1) is 14.0. The van der Waals surface area contributed by atoms with Crippen molar-refractivity contribution in [1.82, 2.24) is 14.9 Å². The monoisotopic (exact) mass is 275 g/mol. The van der Waals surface area contributed by atoms with Crippen LogP contribution >= 0.6 is 0 Å². The molecule has 6 nitrogen and oxygen atoms in total. The number of fused-ring (bicyclic) bond motifs is 1. The van der Waals surface area contributed by atoms with E-state index in [-0.39, 0.29) is 11.5 Å². The van der Waals surface area contributed by atoms with E-state index < -0.39 is 12.0 Å². The van der Waals surface area contributed by atoms with Crippen molar-refractivity contribution in [2.45, 2.75) is 26.8 Å². The fourth-order valence-electron chi connectivity index (χ4n) is 2.27. The van der Waals surface area contributed by atoms with Gasteiger partial charge in [0.15, 0.2) is 0 Å². The Morgan fingerprint density at radius 3 is 2.75 bits per heavy atom. The topological polar surface area (TPSA) is 84.2 Å². The van der Waals surface area contributed by atoms with Crippen LogP contribution < -0.4 is 5.32 Å². The number of nitrogens with one attached hydrogen (secondary N) is 1. The molecule has 6 heteroatoms. The standard InChI is InChI=1S/C14H17N3O3/c1-4-15-13(18)8(2)17-9(3)16-11-6-5-10(14(19)20)7-12(11)17/h5-8H,4H2,1-3H3,(H,15,18)(H,19,20). The highest BCUT2D eigenvalue weighted by molar-refractivity contribution is 5.93. The lowest BCUT2D eigenvalue weighted by Gasteiger charge is -2.15. The molecule has 0 saturated heterocycles. The van der Waals surface area contributed by atoms with Gasteiger partial charge in [-0.25, -0.2) is 9.78 Å². The van der Waals surface area contributed by atoms with Crippen LogP contribution in [0, 0.1) is 6.92 Å². The molecule has 1 amide bonds. The van der Waals surface area contributed by atoms with Crippen LogP contribution in [0.4, 0.5) is 0 Å². The molecule has 2 aromatic rings. The van der Waals surface area contributed by atoms with Crippen LogP contribution in [-0.2, 0) is 4.79 Å². The van der Waals surface area contributed by atoms with Gasteiger partial charge >= 0.3 is 5.97 Å². The third-order valence-electron chi connectivity index (χ3n) is 3.23. The highest BCUT2D eigenvalue weighted by Crippen LogP contribution is 2.22. The first-order chi connectivity index (χ1) is 9.45. The van der Waals surface area contributed by atoms with Gasteiger partial charge in [0.25, 0.3) is 0 Å². The van der Waals surface area contributed by atoms with Crippen LogP contribution in [0.1, 0.15) is 36.1 Å². The van der Waals surface area contributed by atoms with Crippen LogP contribution in [0.5, 0.6) is 0 Å². The largest absolute Gasteiger partial charge is 0.478 e. The minimum Gasteiger partial charge on any atom is -0.478 e. The number of aromatic nitrogens is 2. The number of likely N-dealkylation sites (N-methyl/N-ethyl adjacent to an activating group) is 1. The summed E-state index contributed by atoms with van der Waals surface area (Å²) < 4.78 is 1.76. The summed E-state index contributed by atoms with van der Waals surface area (Å²) in [5, 5.41) is 11.8. The molecular weight excluding hydrogens is 258 g/mol. The number of hydrogen-bond acceptors (Lipinski definition) is 3. The zero-order valence-corrected chi connectivity index (χ0v) is 11.7. The average Bonchev–Trinajstić information content (AvgIpc) is 2.72. The molecule has 1 atom stereocenters. The number of hydrogen-bond donors (Lipinski definition) is 2. The summed E-state index contributed by atoms with van der Waals surface area (Å²) in [5.41, 5.74) is 1.52. The third kappa shape index (κ3) is 2.36. The molecule has 20 heavy (non-hydrogen) atoms. The predicted molar refractivity (Wildman–Crippen MR) is 74.8 cm³/mol. The maximum Gasteiger partial charge on any atom is 0.335 e. The van der Waals surface area contributed by atoms with E-state index in [9.17, 15) is 9.59 Å². The predicted octanol–water partition coefficient (Wildman–Crippen LogP) is 1.74. The normalized spacial score (nSPS) is 12.3. The summed E-state index contributed by atoms with van der Waals surface area (Å²) >= 11 is 0. The van der Waals surface area contributed by atoms with E-state index in [4.69, 9.17) is 5.11 Å². The molecule has 0 aliphatic carbocycles. The Morgan fingerprint density at radius 2 is 2.15 bits per heavy atom. The fourth-order valence-corrected chi connectivity index (χ4v) is 2.27. The number of carboxylic acids is 1. The van der Waals surface area contributed by atoms with Crippen molar-refractivity contribution in [3.63, 3.8) is 0 Å². The summed E-state index contributed by atoms with van der Waals surface area (Å²) in [6.07, 6.45) is 0. The van der Waals surface area contributed by atoms with Gasteiger partial charge in [-0.05, 0) is 39.0 Å². The van der Waals surface area contributed by atoms with Gasteiger partial charge in [-0.2, -0.15) is 0 Å². The molecule has 106 valence electrons. The van der Waals surface area contributed by atoms with Gasteiger partial charge in [0.2, 0.25) is 5.91 Å². The second-order valence-corrected chi connectivity index (χ2v) is 4.61. The van der Waals surface area contributed by atoms with Crippen LogP contribution in [0.15, 0.2) is 18.2 Å². The molecular formula is C14H17N3O3. The maximum atomic E-state index is 12.0. The number of aryl methyl sites for hydroxylation is 1. The van der Waals surface area contributed by atoms with E-state index in [2.05, 4.69) is 10.3 Å². The number of rotatable bonds is 4. The highest BCUT2D eigenvalue weighted by atomic mass is 16.4. The number of carbonyl (C=O) groups is 2. The SMILES string of the molecule is CCNC(=O)C(C)n1c(C)nc2ccc(C(=O)O)cc21. The van der Waals surface area contributed by atoms with Crippen molar-refractivity contribution >= 4 is 22.9 Å². The molecule has 1 aromatic carbocycles. The number of imidazole rings is 1. The van der Waals surface area contributed by atoms with Crippen molar-refractivity contribution in [2.75, 3.05) is 6.54 Å². The Balaban J connectivity index is 2.56. The minimum atomic E-state index is -0.997. The number of nitrogens with zero attached hydrogens (tertiary/aromatic N) is 2. The van der Waals surface area contributed by atoms with Gasteiger partial charge in [-0.15, -0.1) is 0 Å². The molecule has 1 heterocycles. The van der Waals surface area contributed by atoms with Gasteiger partial charge in [-0.1, -0.05) is 0 Å². The van der Waals surface area contributed by atoms with Crippen molar-refractivity contribution in [1.29, 1.82) is 0 Å². The molecule has 0 bridgehead atoms. The van der Waals surface area contributed by atoms with Crippen molar-refractivity contribution in [3.8, 4) is 0 Å². The van der Waals surface area contributed by atoms with Gasteiger partial charge in [-0.3, -0.25) is 4.79 Å². The highest BCUT2D eigenvalue weighted by Gasteiger charge is 2.20. The van der Waals surface area contributed by atoms with Gasteiger partial charge in [0, 0.05) is 6.54 Å². The molecule has 0 radical (unpaired) electrons. The summed E-state index contributed by atoms with van der Waals surface area (Å²) in [6, 6.07) is 4.28. The van der Waals surface area contributed by atoms with Crippen molar-refractivity contribution < 1.29 is 14.7 Å².